The summed E-state index contributed by atoms with van der Waals surface area (Å²) < 4.78 is 9.13. The maximum Gasteiger partial charge on any atom is 0.302 e. The molecule has 0 rings (SSSR count). The molecule has 0 saturated heterocycles. The highest BCUT2D eigenvalue weighted by molar-refractivity contribution is 6.72. The molecule has 0 aliphatic heterocycles. The van der Waals surface area contributed by atoms with E-state index in [4.69, 9.17) is 32.7 Å². The summed E-state index contributed by atoms with van der Waals surface area (Å²) >= 11 is 11.3. The van der Waals surface area contributed by atoms with Gasteiger partial charge >= 0.3 is 11.9 Å². The summed E-state index contributed by atoms with van der Waals surface area (Å²) in [6, 6.07) is 0. The van der Waals surface area contributed by atoms with Crippen LogP contribution >= 0.6 is 23.2 Å². The van der Waals surface area contributed by atoms with Crippen LogP contribution in [0.15, 0.2) is 11.3 Å². The summed E-state index contributed by atoms with van der Waals surface area (Å²) in [5.74, 6) is -0.730. The molecule has 0 aromatic carbocycles. The number of hydrogen-bond donors (Lipinski definition) is 0. The van der Waals surface area contributed by atoms with E-state index in [-0.39, 0.29) is 25.2 Å². The Labute approximate surface area is 107 Å². The molecular formula is C9H14Cl2O4Si. The molecule has 0 amide bonds. The molecule has 4 nitrogen and oxygen atoms in total. The Hall–Kier alpha value is -0.523. The van der Waals surface area contributed by atoms with Gasteiger partial charge in [-0.05, 0) is 11.3 Å². The molecule has 0 aliphatic rings. The van der Waals surface area contributed by atoms with Crippen molar-refractivity contribution in [3.05, 3.63) is 11.3 Å². The Kier molecular flexibility index (Phi) is 8.33. The second kappa shape index (κ2) is 8.61. The minimum Gasteiger partial charge on any atom is -0.462 e. The van der Waals surface area contributed by atoms with Crippen molar-refractivity contribution >= 4 is 44.7 Å². The molecule has 0 unspecified atom stereocenters. The average Bonchev–Trinajstić information content (AvgIpc) is 2.12. The fourth-order valence-corrected chi connectivity index (χ4v) is 2.96. The van der Waals surface area contributed by atoms with E-state index in [9.17, 15) is 9.59 Å². The van der Waals surface area contributed by atoms with Gasteiger partial charge in [-0.3, -0.25) is 9.59 Å². The van der Waals surface area contributed by atoms with Crippen molar-refractivity contribution in [2.45, 2.75) is 18.3 Å². The zero-order valence-electron chi connectivity index (χ0n) is 9.16. The lowest BCUT2D eigenvalue weighted by molar-refractivity contribution is -0.141. The predicted molar refractivity (Wildman–Crippen MR) is 65.4 cm³/mol. The highest BCUT2D eigenvalue weighted by Crippen LogP contribution is 2.06. The molecular weight excluding hydrogens is 271 g/mol. The fraction of sp³-hybridized carbons (Fsp3) is 0.556. The van der Waals surface area contributed by atoms with E-state index in [1.165, 1.54) is 13.8 Å². The maximum atomic E-state index is 10.6. The van der Waals surface area contributed by atoms with E-state index in [1.54, 1.807) is 6.08 Å². The van der Waals surface area contributed by atoms with Gasteiger partial charge in [0.1, 0.15) is 13.2 Å². The van der Waals surface area contributed by atoms with Gasteiger partial charge in [0, 0.05) is 13.8 Å². The Bertz CT molecular complexity index is 279. The smallest absolute Gasteiger partial charge is 0.302 e. The van der Waals surface area contributed by atoms with Crippen molar-refractivity contribution in [2.24, 2.45) is 0 Å². The summed E-state index contributed by atoms with van der Waals surface area (Å²) in [5, 5.41) is 0.853. The topological polar surface area (TPSA) is 52.6 Å². The third-order valence-corrected chi connectivity index (χ3v) is 3.79. The first kappa shape index (κ1) is 15.5. The molecule has 0 N–H and O–H groups in total. The molecule has 0 spiro atoms. The Morgan fingerprint density at radius 2 is 1.81 bits per heavy atom. The van der Waals surface area contributed by atoms with Gasteiger partial charge in [-0.1, -0.05) is 0 Å². The van der Waals surface area contributed by atoms with Crippen molar-refractivity contribution in [1.29, 1.82) is 0 Å². The second-order valence-corrected chi connectivity index (χ2v) is 7.49. The molecule has 0 saturated carbocycles. The number of hydrogen-bond acceptors (Lipinski definition) is 4. The van der Waals surface area contributed by atoms with Crippen LogP contribution in [-0.4, -0.2) is 39.1 Å². The summed E-state index contributed by atoms with van der Waals surface area (Å²) in [5.41, 5.74) is 0. The molecule has 0 bridgehead atoms. The van der Waals surface area contributed by atoms with Crippen molar-refractivity contribution in [1.82, 2.24) is 0 Å². The van der Waals surface area contributed by atoms with Crippen LogP contribution in [0.25, 0.3) is 0 Å². The van der Waals surface area contributed by atoms with E-state index >= 15 is 0 Å². The molecule has 16 heavy (non-hydrogen) atoms. The molecule has 0 aliphatic carbocycles. The number of halogens is 2. The zero-order chi connectivity index (χ0) is 12.6. The maximum absolute atomic E-state index is 10.6. The summed E-state index contributed by atoms with van der Waals surface area (Å²) in [6.45, 7) is 2.96. The largest absolute Gasteiger partial charge is 0.462 e. The van der Waals surface area contributed by atoms with E-state index < -0.39 is 14.0 Å². The van der Waals surface area contributed by atoms with Gasteiger partial charge in [0.05, 0.1) is 14.0 Å². The third kappa shape index (κ3) is 10.0. The van der Waals surface area contributed by atoms with Gasteiger partial charge in [-0.2, -0.15) is 0 Å². The van der Waals surface area contributed by atoms with Gasteiger partial charge < -0.3 is 9.47 Å². The van der Waals surface area contributed by atoms with E-state index in [0.29, 0.717) is 0 Å². The Morgan fingerprint density at radius 3 is 2.25 bits per heavy atom. The van der Waals surface area contributed by atoms with Gasteiger partial charge in [-0.25, -0.2) is 0 Å². The minimum atomic E-state index is -0.904. The third-order valence-electron chi connectivity index (χ3n) is 1.54. The molecule has 0 radical (unpaired) electrons. The highest BCUT2D eigenvalue weighted by Gasteiger charge is 2.07. The van der Waals surface area contributed by atoms with E-state index in [1.807, 2.05) is 0 Å². The standard InChI is InChI=1S/C9H14Cl2O4Si/c1-6(12)14-4-3-8(16-9(10)11)5-15-7(2)13/h3,9H,4-5,16H2,1-2H3. The lowest BCUT2D eigenvalue weighted by Crippen LogP contribution is -2.14. The van der Waals surface area contributed by atoms with Crippen LogP contribution in [-0.2, 0) is 19.1 Å². The monoisotopic (exact) mass is 284 g/mol. The molecule has 0 atom stereocenters. The van der Waals surface area contributed by atoms with Crippen molar-refractivity contribution < 1.29 is 19.1 Å². The van der Waals surface area contributed by atoms with Crippen LogP contribution in [0.2, 0.25) is 0 Å². The van der Waals surface area contributed by atoms with Crippen LogP contribution in [0.1, 0.15) is 13.8 Å². The molecule has 7 heteroatoms. The summed E-state index contributed by atoms with van der Waals surface area (Å²) in [4.78, 5) is 21.2. The first-order valence-electron chi connectivity index (χ1n) is 4.64. The average molecular weight is 285 g/mol. The van der Waals surface area contributed by atoms with Crippen molar-refractivity contribution in [2.75, 3.05) is 13.2 Å². The highest BCUT2D eigenvalue weighted by atomic mass is 35.5. The Balaban J connectivity index is 4.17. The number of esters is 2. The lowest BCUT2D eigenvalue weighted by atomic mass is 10.5. The number of carbonyl (C=O) groups is 2. The number of rotatable bonds is 6. The number of ether oxygens (including phenoxy) is 2. The van der Waals surface area contributed by atoms with Gasteiger partial charge in [-0.15, -0.1) is 23.2 Å². The van der Waals surface area contributed by atoms with Crippen LogP contribution < -0.4 is 0 Å². The predicted octanol–water partition coefficient (Wildman–Crippen LogP) is 0.926. The number of alkyl halides is 2. The minimum absolute atomic E-state index is 0.152. The first-order chi connectivity index (χ1) is 7.41. The zero-order valence-corrected chi connectivity index (χ0v) is 12.1. The van der Waals surface area contributed by atoms with E-state index in [2.05, 4.69) is 0 Å². The van der Waals surface area contributed by atoms with Gasteiger partial charge in [0.2, 0.25) is 0 Å². The van der Waals surface area contributed by atoms with Crippen molar-refractivity contribution in [3.63, 3.8) is 0 Å². The lowest BCUT2D eigenvalue weighted by Gasteiger charge is -2.08. The summed E-state index contributed by atoms with van der Waals surface area (Å²) in [6.07, 6.45) is 1.69. The fourth-order valence-electron chi connectivity index (χ4n) is 0.871. The van der Waals surface area contributed by atoms with Crippen molar-refractivity contribution in [3.8, 4) is 0 Å². The number of carbonyl (C=O) groups excluding carboxylic acids is 2. The summed E-state index contributed by atoms with van der Waals surface area (Å²) in [7, 11) is -0.904. The molecule has 0 heterocycles. The van der Waals surface area contributed by atoms with Crippen LogP contribution in [0.5, 0.6) is 0 Å². The van der Waals surface area contributed by atoms with Gasteiger partial charge in [0.25, 0.3) is 0 Å². The van der Waals surface area contributed by atoms with Crippen LogP contribution in [0.4, 0.5) is 0 Å². The van der Waals surface area contributed by atoms with Crippen LogP contribution in [0, 0.1) is 0 Å². The SMILES string of the molecule is CC(=O)OCC=C(COC(C)=O)[SiH2]C(Cl)Cl. The van der Waals surface area contributed by atoms with E-state index in [0.717, 1.165) is 5.20 Å². The first-order valence-corrected chi connectivity index (χ1v) is 7.04. The molecule has 0 aromatic rings. The van der Waals surface area contributed by atoms with Gasteiger partial charge in [0.15, 0.2) is 0 Å². The molecule has 0 fully saturated rings. The van der Waals surface area contributed by atoms with Crippen LogP contribution in [0.3, 0.4) is 0 Å². The molecule has 92 valence electrons. The normalized spacial score (nSPS) is 12.2. The Morgan fingerprint density at radius 1 is 1.25 bits per heavy atom. The molecule has 0 aromatic heterocycles. The quantitative estimate of drug-likeness (QED) is 0.414. The second-order valence-electron chi connectivity index (χ2n) is 3.04.